The van der Waals surface area contributed by atoms with E-state index in [1.807, 2.05) is 30.0 Å². The van der Waals surface area contributed by atoms with Gasteiger partial charge in [0.25, 0.3) is 5.91 Å². The zero-order valence-electron chi connectivity index (χ0n) is 14.2. The van der Waals surface area contributed by atoms with E-state index in [1.54, 1.807) is 19.5 Å². The Morgan fingerprint density at radius 2 is 2.04 bits per heavy atom. The molecule has 1 aliphatic heterocycles. The van der Waals surface area contributed by atoms with Crippen LogP contribution in [0.1, 0.15) is 28.2 Å². The van der Waals surface area contributed by atoms with Gasteiger partial charge in [-0.3, -0.25) is 9.78 Å². The maximum absolute atomic E-state index is 12.7. The number of piperidine rings is 1. The van der Waals surface area contributed by atoms with E-state index in [0.717, 1.165) is 18.5 Å². The van der Waals surface area contributed by atoms with Crippen molar-refractivity contribution in [2.24, 2.45) is 5.92 Å². The Bertz CT molecular complexity index is 673. The zero-order chi connectivity index (χ0) is 16.9. The largest absolute Gasteiger partial charge is 0.381 e. The highest BCUT2D eigenvalue weighted by Crippen LogP contribution is 2.24. The summed E-state index contributed by atoms with van der Waals surface area (Å²) in [5.74, 6) is 0.239. The lowest BCUT2D eigenvalue weighted by molar-refractivity contribution is -0.00318. The third kappa shape index (κ3) is 3.79. The molecule has 1 saturated heterocycles. The predicted molar refractivity (Wildman–Crippen MR) is 91.7 cm³/mol. The molecule has 1 aliphatic rings. The second-order valence-electron chi connectivity index (χ2n) is 6.31. The normalized spacial score (nSPS) is 20.8. The number of aromatic nitrogens is 2. The molecule has 0 bridgehead atoms. The van der Waals surface area contributed by atoms with Crippen molar-refractivity contribution in [2.45, 2.75) is 25.9 Å². The van der Waals surface area contributed by atoms with Crippen molar-refractivity contribution in [3.05, 3.63) is 59.7 Å². The fourth-order valence-electron chi connectivity index (χ4n) is 3.28. The van der Waals surface area contributed by atoms with Crippen LogP contribution in [0, 0.1) is 12.8 Å². The fourth-order valence-corrected chi connectivity index (χ4v) is 3.28. The van der Waals surface area contributed by atoms with Gasteiger partial charge in [-0.1, -0.05) is 30.3 Å². The molecular weight excluding hydrogens is 302 g/mol. The number of benzene rings is 1. The summed E-state index contributed by atoms with van der Waals surface area (Å²) < 4.78 is 5.66. The molecular formula is C19H23N3O2. The molecule has 0 aliphatic carbocycles. The molecule has 3 rings (SSSR count). The van der Waals surface area contributed by atoms with Crippen molar-refractivity contribution in [3.8, 4) is 0 Å². The number of hydrogen-bond donors (Lipinski definition) is 0. The predicted octanol–water partition coefficient (Wildman–Crippen LogP) is 2.50. The van der Waals surface area contributed by atoms with Gasteiger partial charge in [0, 0.05) is 32.3 Å². The van der Waals surface area contributed by atoms with Crippen molar-refractivity contribution in [3.63, 3.8) is 0 Å². The molecule has 5 heteroatoms. The zero-order valence-corrected chi connectivity index (χ0v) is 14.2. The van der Waals surface area contributed by atoms with Crippen LogP contribution in [0.3, 0.4) is 0 Å². The Labute approximate surface area is 142 Å². The molecule has 0 unspecified atom stereocenters. The van der Waals surface area contributed by atoms with Gasteiger partial charge in [0.15, 0.2) is 0 Å². The van der Waals surface area contributed by atoms with Crippen LogP contribution in [0.15, 0.2) is 42.7 Å². The second kappa shape index (κ2) is 7.53. The first kappa shape index (κ1) is 16.6. The topological polar surface area (TPSA) is 55.3 Å². The molecule has 0 spiro atoms. The number of aryl methyl sites for hydroxylation is 1. The van der Waals surface area contributed by atoms with Crippen LogP contribution in [0.25, 0.3) is 0 Å². The Morgan fingerprint density at radius 1 is 1.25 bits per heavy atom. The van der Waals surface area contributed by atoms with Gasteiger partial charge in [0.2, 0.25) is 0 Å². The molecule has 0 radical (unpaired) electrons. The highest BCUT2D eigenvalue weighted by Gasteiger charge is 2.32. The number of methoxy groups -OCH3 is 1. The van der Waals surface area contributed by atoms with Crippen molar-refractivity contribution in [1.29, 1.82) is 0 Å². The monoisotopic (exact) mass is 325 g/mol. The molecule has 0 N–H and O–H groups in total. The smallest absolute Gasteiger partial charge is 0.274 e. The van der Waals surface area contributed by atoms with Crippen molar-refractivity contribution in [2.75, 3.05) is 20.2 Å². The Kier molecular flexibility index (Phi) is 5.20. The van der Waals surface area contributed by atoms with E-state index in [1.165, 1.54) is 5.56 Å². The van der Waals surface area contributed by atoms with Crippen LogP contribution >= 0.6 is 0 Å². The summed E-state index contributed by atoms with van der Waals surface area (Å²) in [5, 5.41) is 0. The summed E-state index contributed by atoms with van der Waals surface area (Å²) in [5.41, 5.74) is 2.50. The molecule has 1 fully saturated rings. The average molecular weight is 325 g/mol. The highest BCUT2D eigenvalue weighted by molar-refractivity contribution is 5.92. The molecule has 2 aromatic rings. The third-order valence-electron chi connectivity index (χ3n) is 4.59. The fraction of sp³-hybridized carbons (Fsp3) is 0.421. The number of carbonyl (C=O) groups excluding carboxylic acids is 1. The van der Waals surface area contributed by atoms with E-state index < -0.39 is 0 Å². The van der Waals surface area contributed by atoms with E-state index in [4.69, 9.17) is 4.74 Å². The highest BCUT2D eigenvalue weighted by atomic mass is 16.5. The Morgan fingerprint density at radius 3 is 2.71 bits per heavy atom. The Hall–Kier alpha value is -2.27. The molecule has 24 heavy (non-hydrogen) atoms. The number of hydrogen-bond acceptors (Lipinski definition) is 4. The summed E-state index contributed by atoms with van der Waals surface area (Å²) in [4.78, 5) is 23.0. The standard InChI is InChI=1S/C19H23N3O2/c1-14-11-21-17(12-20-14)19(23)22-9-8-18(24-2)16(13-22)10-15-6-4-3-5-7-15/h3-7,11-12,16,18H,8-10,13H2,1-2H3/t16-,18-/m0/s1. The first-order valence-electron chi connectivity index (χ1n) is 8.32. The molecule has 126 valence electrons. The number of nitrogens with zero attached hydrogens (tertiary/aromatic N) is 3. The lowest BCUT2D eigenvalue weighted by Crippen LogP contribution is -2.47. The van der Waals surface area contributed by atoms with E-state index in [9.17, 15) is 4.79 Å². The van der Waals surface area contributed by atoms with Crippen LogP contribution in [0.2, 0.25) is 0 Å². The maximum atomic E-state index is 12.7. The molecule has 1 amide bonds. The van der Waals surface area contributed by atoms with Crippen LogP contribution in [-0.4, -0.2) is 47.1 Å². The van der Waals surface area contributed by atoms with Gasteiger partial charge in [0.05, 0.1) is 18.0 Å². The van der Waals surface area contributed by atoms with Gasteiger partial charge >= 0.3 is 0 Å². The number of amides is 1. The molecule has 5 nitrogen and oxygen atoms in total. The van der Waals surface area contributed by atoms with Crippen LogP contribution in [-0.2, 0) is 11.2 Å². The number of likely N-dealkylation sites (tertiary alicyclic amines) is 1. The van der Waals surface area contributed by atoms with Crippen LogP contribution < -0.4 is 0 Å². The summed E-state index contributed by atoms with van der Waals surface area (Å²) in [6.07, 6.45) is 5.13. The van der Waals surface area contributed by atoms with E-state index in [-0.39, 0.29) is 17.9 Å². The number of carbonyl (C=O) groups is 1. The van der Waals surface area contributed by atoms with Crippen LogP contribution in [0.4, 0.5) is 0 Å². The lowest BCUT2D eigenvalue weighted by Gasteiger charge is -2.37. The SMILES string of the molecule is CO[C@H]1CCN(C(=O)c2cnc(C)cn2)C[C@@H]1Cc1ccccc1. The van der Waals surface area contributed by atoms with Crippen LogP contribution in [0.5, 0.6) is 0 Å². The molecule has 1 aromatic carbocycles. The van der Waals surface area contributed by atoms with Crippen molar-refractivity contribution >= 4 is 5.91 Å². The molecule has 1 aromatic heterocycles. The number of rotatable bonds is 4. The minimum absolute atomic E-state index is 0.0462. The van der Waals surface area contributed by atoms with Crippen molar-refractivity contribution < 1.29 is 9.53 Å². The Balaban J connectivity index is 1.72. The first-order valence-corrected chi connectivity index (χ1v) is 8.32. The maximum Gasteiger partial charge on any atom is 0.274 e. The molecule has 2 heterocycles. The summed E-state index contributed by atoms with van der Waals surface area (Å²) in [6, 6.07) is 10.4. The first-order chi connectivity index (χ1) is 11.7. The van der Waals surface area contributed by atoms with E-state index >= 15 is 0 Å². The van der Waals surface area contributed by atoms with Gasteiger partial charge in [-0.25, -0.2) is 4.98 Å². The van der Waals surface area contributed by atoms with Gasteiger partial charge in [-0.15, -0.1) is 0 Å². The van der Waals surface area contributed by atoms with Gasteiger partial charge in [0.1, 0.15) is 5.69 Å². The minimum atomic E-state index is -0.0462. The molecule has 0 saturated carbocycles. The summed E-state index contributed by atoms with van der Waals surface area (Å²) in [6.45, 7) is 3.24. The quantitative estimate of drug-likeness (QED) is 0.867. The number of ether oxygens (including phenoxy) is 1. The third-order valence-corrected chi connectivity index (χ3v) is 4.59. The van der Waals surface area contributed by atoms with Gasteiger partial charge in [-0.05, 0) is 25.3 Å². The van der Waals surface area contributed by atoms with E-state index in [0.29, 0.717) is 18.8 Å². The second-order valence-corrected chi connectivity index (χ2v) is 6.31. The van der Waals surface area contributed by atoms with E-state index in [2.05, 4.69) is 22.1 Å². The van der Waals surface area contributed by atoms with Crippen molar-refractivity contribution in [1.82, 2.24) is 14.9 Å². The average Bonchev–Trinajstić information content (AvgIpc) is 2.62. The summed E-state index contributed by atoms with van der Waals surface area (Å²) >= 11 is 0. The minimum Gasteiger partial charge on any atom is -0.381 e. The van der Waals surface area contributed by atoms with Gasteiger partial charge < -0.3 is 9.64 Å². The van der Waals surface area contributed by atoms with Gasteiger partial charge in [-0.2, -0.15) is 0 Å². The molecule has 2 atom stereocenters. The lowest BCUT2D eigenvalue weighted by atomic mass is 9.88. The summed E-state index contributed by atoms with van der Waals surface area (Å²) in [7, 11) is 1.76.